The van der Waals surface area contributed by atoms with Crippen LogP contribution >= 0.6 is 106 Å². The molecule has 0 aromatic rings. The molecule has 0 aliphatic carbocycles. The van der Waals surface area contributed by atoms with Crippen molar-refractivity contribution in [3.05, 3.63) is 0 Å². The van der Waals surface area contributed by atoms with Crippen LogP contribution in [-0.2, 0) is 38.6 Å². The minimum atomic E-state index is -0.190. The molecule has 0 rings (SSSR count). The highest BCUT2D eigenvalue weighted by Crippen LogP contribution is 2.20. The van der Waals surface area contributed by atoms with Gasteiger partial charge < -0.3 is 19.7 Å². The summed E-state index contributed by atoms with van der Waals surface area (Å²) >= 11 is 16.5. The second-order valence-corrected chi connectivity index (χ2v) is 20.6. The lowest BCUT2D eigenvalue weighted by Gasteiger charge is -2.06. The lowest BCUT2D eigenvalue weighted by atomic mass is 10.5. The van der Waals surface area contributed by atoms with Crippen molar-refractivity contribution in [2.45, 2.75) is 38.5 Å². The van der Waals surface area contributed by atoms with Crippen LogP contribution in [0.3, 0.4) is 0 Å². The zero-order valence-electron chi connectivity index (χ0n) is 27.2. The van der Waals surface area contributed by atoms with Crippen LogP contribution < -0.4 is 0 Å². The molecular weight excluding hydrogens is 785 g/mol. The first-order valence-electron chi connectivity index (χ1n) is 15.4. The number of carbonyl (C=O) groups is 2. The van der Waals surface area contributed by atoms with Crippen molar-refractivity contribution in [3.63, 3.8) is 0 Å². The van der Waals surface area contributed by atoms with Crippen molar-refractivity contribution in [1.82, 2.24) is 0 Å². The Balaban J connectivity index is 3.16. The van der Waals surface area contributed by atoms with E-state index in [1.807, 2.05) is 70.6 Å². The molecule has 0 aliphatic rings. The molecule has 47 heavy (non-hydrogen) atoms. The van der Waals surface area contributed by atoms with Crippen LogP contribution in [0.5, 0.6) is 0 Å². The smallest absolute Gasteiger partial charge is 0.306 e. The van der Waals surface area contributed by atoms with Crippen molar-refractivity contribution in [1.29, 1.82) is 0 Å². The zero-order chi connectivity index (χ0) is 34.1. The van der Waals surface area contributed by atoms with Crippen molar-refractivity contribution in [2.24, 2.45) is 0 Å². The molecule has 2 N–H and O–H groups in total. The lowest BCUT2D eigenvalue weighted by molar-refractivity contribution is -0.295. The fourth-order valence-electron chi connectivity index (χ4n) is 2.62. The normalized spacial score (nSPS) is 11.3. The monoisotopic (exact) mass is 838 g/mol. The first-order chi connectivity index (χ1) is 23.2. The Morgan fingerprint density at radius 2 is 0.745 bits per heavy atom. The van der Waals surface area contributed by atoms with Crippen LogP contribution in [0.15, 0.2) is 0 Å². The predicted molar refractivity (Wildman–Crippen MR) is 214 cm³/mol. The fourth-order valence-corrected chi connectivity index (χ4v) is 12.6. The summed E-state index contributed by atoms with van der Waals surface area (Å²) in [5, 5.41) is 23.3. The third-order valence-electron chi connectivity index (χ3n) is 4.85. The molecule has 0 amide bonds. The highest BCUT2D eigenvalue weighted by Gasteiger charge is 2.04. The molecule has 10 nitrogen and oxygen atoms in total. The lowest BCUT2D eigenvalue weighted by Crippen LogP contribution is -2.08. The molecule has 0 saturated carbocycles. The maximum atomic E-state index is 11.9. The fraction of sp³-hybridized carbons (Fsp3) is 0.929. The molecule has 280 valence electrons. The van der Waals surface area contributed by atoms with Crippen LogP contribution in [0.4, 0.5) is 0 Å². The van der Waals surface area contributed by atoms with Crippen LogP contribution in [0.2, 0.25) is 0 Å². The molecule has 0 aromatic heterocycles. The van der Waals surface area contributed by atoms with Crippen molar-refractivity contribution < 1.29 is 48.8 Å². The Bertz CT molecular complexity index is 664. The molecular formula is C28H54O10S9. The Labute approximate surface area is 320 Å². The van der Waals surface area contributed by atoms with E-state index in [2.05, 4.69) is 0 Å². The Kier molecular flexibility index (Phi) is 45.7. The Morgan fingerprint density at radius 1 is 0.383 bits per heavy atom. The summed E-state index contributed by atoms with van der Waals surface area (Å²) in [5.41, 5.74) is 0. The molecule has 0 atom stereocenters. The summed E-state index contributed by atoms with van der Waals surface area (Å²) in [6.07, 6.45) is 3.87. The average molecular weight is 839 g/mol. The predicted octanol–water partition coefficient (Wildman–Crippen LogP) is 6.64. The van der Waals surface area contributed by atoms with Gasteiger partial charge in [-0.25, -0.2) is 19.6 Å². The van der Waals surface area contributed by atoms with Crippen molar-refractivity contribution in [2.75, 3.05) is 118 Å². The highest BCUT2D eigenvalue weighted by molar-refractivity contribution is 8.23. The first-order valence-corrected chi connectivity index (χ1v) is 25.8. The van der Waals surface area contributed by atoms with E-state index in [4.69, 9.17) is 39.2 Å². The van der Waals surface area contributed by atoms with Crippen molar-refractivity contribution >= 4 is 118 Å². The van der Waals surface area contributed by atoms with Gasteiger partial charge >= 0.3 is 11.9 Å². The largest absolute Gasteiger partial charge is 0.466 e. The number of aliphatic hydroxyl groups is 2. The van der Waals surface area contributed by atoms with Gasteiger partial charge in [0.2, 0.25) is 0 Å². The number of ether oxygens (including phenoxy) is 2. The van der Waals surface area contributed by atoms with Gasteiger partial charge in [-0.2, -0.15) is 47.0 Å². The van der Waals surface area contributed by atoms with E-state index in [1.165, 1.54) is 0 Å². The van der Waals surface area contributed by atoms with Gasteiger partial charge in [0.25, 0.3) is 0 Å². The molecule has 0 radical (unpaired) electrons. The maximum absolute atomic E-state index is 11.9. The first kappa shape index (κ1) is 48.9. The van der Waals surface area contributed by atoms with E-state index < -0.39 is 0 Å². The topological polar surface area (TPSA) is 130 Å². The molecule has 0 aliphatic heterocycles. The van der Waals surface area contributed by atoms with Crippen LogP contribution in [0, 0.1) is 0 Å². The summed E-state index contributed by atoms with van der Waals surface area (Å²) < 4.78 is 10.3. The summed E-state index contributed by atoms with van der Waals surface area (Å²) in [5.74, 6) is 5.02. The van der Waals surface area contributed by atoms with Gasteiger partial charge in [0, 0.05) is 73.2 Å². The third-order valence-corrected chi connectivity index (χ3v) is 15.9. The number of rotatable bonds is 40. The molecule has 0 unspecified atom stereocenters. The minimum Gasteiger partial charge on any atom is -0.466 e. The third kappa shape index (κ3) is 43.9. The number of hydrogen-bond donors (Lipinski definition) is 2. The zero-order valence-corrected chi connectivity index (χ0v) is 34.6. The van der Waals surface area contributed by atoms with Gasteiger partial charge in [0.05, 0.1) is 45.9 Å². The van der Waals surface area contributed by atoms with Gasteiger partial charge in [0.15, 0.2) is 0 Å². The van der Waals surface area contributed by atoms with E-state index in [-0.39, 0.29) is 25.2 Å². The summed E-state index contributed by atoms with van der Waals surface area (Å²) in [6.45, 7) is 3.13. The average Bonchev–Trinajstić information content (AvgIpc) is 3.07. The molecule has 0 spiro atoms. The van der Waals surface area contributed by atoms with Crippen LogP contribution in [0.1, 0.15) is 38.5 Å². The van der Waals surface area contributed by atoms with E-state index in [9.17, 15) is 9.59 Å². The Hall–Kier alpha value is 1.85. The molecule has 0 aromatic carbocycles. The van der Waals surface area contributed by atoms with Crippen LogP contribution in [-0.4, -0.2) is 140 Å². The van der Waals surface area contributed by atoms with E-state index in [0.717, 1.165) is 77.9 Å². The van der Waals surface area contributed by atoms with Gasteiger partial charge in [-0.1, -0.05) is 0 Å². The molecule has 19 heteroatoms. The summed E-state index contributed by atoms with van der Waals surface area (Å²) in [6, 6.07) is 0. The van der Waals surface area contributed by atoms with Crippen molar-refractivity contribution in [3.8, 4) is 0 Å². The van der Waals surface area contributed by atoms with E-state index in [1.54, 1.807) is 35.3 Å². The molecule has 0 bridgehead atoms. The Morgan fingerprint density at radius 3 is 1.23 bits per heavy atom. The molecule has 0 fully saturated rings. The summed E-state index contributed by atoms with van der Waals surface area (Å²) in [4.78, 5) is 43.8. The molecule has 0 heterocycles. The number of esters is 2. The minimum absolute atomic E-state index is 0.0476. The summed E-state index contributed by atoms with van der Waals surface area (Å²) in [7, 11) is 0. The molecule has 0 saturated heterocycles. The quantitative estimate of drug-likeness (QED) is 0.0225. The van der Waals surface area contributed by atoms with Gasteiger partial charge in [-0.15, -0.1) is 58.8 Å². The standard InChI is InChI=1S/C28H54O10S9/c29-7-1-9-33-27(31)5-17-41-23-45-22-40-16-4-12-37-38-14-20-44-26-47-25-43-19-13-34-28(32)6-18-42-24-46-21-39-15-3-11-36-35-10-2-8-30/h29-30H,1-26H2. The van der Waals surface area contributed by atoms with Gasteiger partial charge in [-0.05, 0) is 30.8 Å². The number of carbonyl (C=O) groups excluding carboxylic acids is 2. The maximum Gasteiger partial charge on any atom is 0.306 e. The highest BCUT2D eigenvalue weighted by atomic mass is 32.2. The van der Waals surface area contributed by atoms with Gasteiger partial charge in [-0.3, -0.25) is 9.59 Å². The number of aliphatic hydroxyl groups excluding tert-OH is 2. The van der Waals surface area contributed by atoms with Crippen LogP contribution in [0.25, 0.3) is 0 Å². The number of hydrogen-bond acceptors (Lipinski definition) is 19. The van der Waals surface area contributed by atoms with E-state index in [0.29, 0.717) is 65.3 Å². The van der Waals surface area contributed by atoms with Gasteiger partial charge in [0.1, 0.15) is 6.61 Å². The number of thioether (sulfide) groups is 9. The van der Waals surface area contributed by atoms with E-state index >= 15 is 0 Å². The second-order valence-electron chi connectivity index (χ2n) is 8.86. The second kappa shape index (κ2) is 44.0. The SMILES string of the molecule is O=C(CCSCSCSCCCOOCCSCSCSCCOC(=O)CCSCSCSCCCOOCCCO)OCCCO.